The van der Waals surface area contributed by atoms with E-state index >= 15 is 0 Å². The molecule has 1 unspecified atom stereocenters. The number of fused-ring (bicyclic) bond motifs is 1. The highest BCUT2D eigenvalue weighted by Crippen LogP contribution is 2.24. The van der Waals surface area contributed by atoms with E-state index < -0.39 is 10.0 Å². The van der Waals surface area contributed by atoms with Crippen molar-refractivity contribution in [1.29, 1.82) is 0 Å². The van der Waals surface area contributed by atoms with E-state index in [9.17, 15) is 13.2 Å². The molecule has 3 rings (SSSR count). The fourth-order valence-corrected chi connectivity index (χ4v) is 4.06. The lowest BCUT2D eigenvalue weighted by Gasteiger charge is -2.36. The number of carbonyl (C=O) groups excluding carboxylic acids is 1. The topological polar surface area (TPSA) is 78.5 Å². The average Bonchev–Trinajstić information content (AvgIpc) is 3.01. The van der Waals surface area contributed by atoms with Gasteiger partial charge in [-0.1, -0.05) is 6.07 Å². The van der Waals surface area contributed by atoms with Crippen LogP contribution >= 0.6 is 12.4 Å². The van der Waals surface area contributed by atoms with Crippen molar-refractivity contribution in [2.45, 2.75) is 44.8 Å². The number of amides is 1. The quantitative estimate of drug-likeness (QED) is 0.805. The summed E-state index contributed by atoms with van der Waals surface area (Å²) in [6.07, 6.45) is 4.85. The van der Waals surface area contributed by atoms with E-state index in [0.29, 0.717) is 13.0 Å². The Morgan fingerprint density at radius 2 is 2.04 bits per heavy atom. The van der Waals surface area contributed by atoms with Crippen LogP contribution in [0, 0.1) is 0 Å². The van der Waals surface area contributed by atoms with Gasteiger partial charge in [0.05, 0.1) is 6.26 Å². The molecule has 6 nitrogen and oxygen atoms in total. The van der Waals surface area contributed by atoms with Crippen LogP contribution in [0.25, 0.3) is 0 Å². The molecule has 2 heterocycles. The summed E-state index contributed by atoms with van der Waals surface area (Å²) in [5.41, 5.74) is 3.20. The van der Waals surface area contributed by atoms with Crippen LogP contribution in [0.2, 0.25) is 0 Å². The minimum absolute atomic E-state index is 0. The maximum absolute atomic E-state index is 12.9. The maximum Gasteiger partial charge on any atom is 0.254 e. The predicted molar refractivity (Wildman–Crippen MR) is 100 cm³/mol. The van der Waals surface area contributed by atoms with Gasteiger partial charge < -0.3 is 10.2 Å². The first-order chi connectivity index (χ1) is 11.4. The van der Waals surface area contributed by atoms with Crippen LogP contribution in [-0.4, -0.2) is 44.6 Å². The van der Waals surface area contributed by atoms with Gasteiger partial charge in [0.15, 0.2) is 0 Å². The first-order valence-electron chi connectivity index (χ1n) is 8.52. The van der Waals surface area contributed by atoms with E-state index in [2.05, 4.69) is 10.0 Å². The monoisotopic (exact) mass is 387 g/mol. The predicted octanol–water partition coefficient (Wildman–Crippen LogP) is 1.65. The summed E-state index contributed by atoms with van der Waals surface area (Å²) >= 11 is 0. The number of nitrogens with one attached hydrogen (secondary N) is 2. The smallest absolute Gasteiger partial charge is 0.254 e. The Hall–Kier alpha value is -1.15. The van der Waals surface area contributed by atoms with Gasteiger partial charge >= 0.3 is 0 Å². The molecule has 0 aromatic heterocycles. The number of benzene rings is 1. The first-order valence-corrected chi connectivity index (χ1v) is 10.4. The van der Waals surface area contributed by atoms with E-state index in [-0.39, 0.29) is 24.4 Å². The molecule has 1 amide bonds. The number of hydrogen-bond donors (Lipinski definition) is 2. The lowest BCUT2D eigenvalue weighted by Crippen LogP contribution is -2.45. The Bertz CT molecular complexity index is 724. The van der Waals surface area contributed by atoms with Crippen molar-refractivity contribution >= 4 is 28.3 Å². The highest BCUT2D eigenvalue weighted by molar-refractivity contribution is 7.88. The van der Waals surface area contributed by atoms with Gasteiger partial charge in [0.1, 0.15) is 0 Å². The molecule has 1 fully saturated rings. The number of piperidine rings is 1. The molecule has 25 heavy (non-hydrogen) atoms. The molecule has 0 radical (unpaired) electrons. The van der Waals surface area contributed by atoms with Crippen molar-refractivity contribution in [2.75, 3.05) is 19.3 Å². The summed E-state index contributed by atoms with van der Waals surface area (Å²) in [7, 11) is -3.18. The zero-order valence-corrected chi connectivity index (χ0v) is 16.1. The third-order valence-electron chi connectivity index (χ3n) is 4.81. The van der Waals surface area contributed by atoms with E-state index in [4.69, 9.17) is 0 Å². The van der Waals surface area contributed by atoms with Gasteiger partial charge in [-0.25, -0.2) is 13.1 Å². The Labute approximate surface area is 155 Å². The molecule has 1 aromatic carbocycles. The largest absolute Gasteiger partial charge is 0.336 e. The number of halogens is 1. The normalized spacial score (nSPS) is 20.0. The Morgan fingerprint density at radius 3 is 2.80 bits per heavy atom. The van der Waals surface area contributed by atoms with Gasteiger partial charge in [-0.15, -0.1) is 12.4 Å². The summed E-state index contributed by atoms with van der Waals surface area (Å²) in [5.74, 6) is 0.0637. The average molecular weight is 388 g/mol. The Balaban J connectivity index is 0.00000225. The second-order valence-electron chi connectivity index (χ2n) is 6.69. The van der Waals surface area contributed by atoms with Crippen molar-refractivity contribution < 1.29 is 13.2 Å². The van der Waals surface area contributed by atoms with Crippen LogP contribution in [0.3, 0.4) is 0 Å². The van der Waals surface area contributed by atoms with E-state index in [1.807, 2.05) is 23.1 Å². The van der Waals surface area contributed by atoms with Gasteiger partial charge in [0.25, 0.3) is 5.91 Å². The highest BCUT2D eigenvalue weighted by Gasteiger charge is 2.28. The lowest BCUT2D eigenvalue weighted by atomic mass is 9.97. The van der Waals surface area contributed by atoms with Crippen LogP contribution in [0.15, 0.2) is 18.2 Å². The van der Waals surface area contributed by atoms with Gasteiger partial charge in [-0.05, 0) is 48.9 Å². The Kier molecular flexibility index (Phi) is 6.85. The van der Waals surface area contributed by atoms with E-state index in [0.717, 1.165) is 50.7 Å². The van der Waals surface area contributed by atoms with Crippen molar-refractivity contribution in [3.05, 3.63) is 34.9 Å². The molecular formula is C17H26ClN3O3S. The molecule has 8 heteroatoms. The van der Waals surface area contributed by atoms with Crippen LogP contribution in [0.4, 0.5) is 0 Å². The Morgan fingerprint density at radius 1 is 1.28 bits per heavy atom. The fourth-order valence-electron chi connectivity index (χ4n) is 3.57. The molecule has 0 saturated carbocycles. The zero-order chi connectivity index (χ0) is 17.2. The molecule has 140 valence electrons. The second-order valence-corrected chi connectivity index (χ2v) is 8.52. The zero-order valence-electron chi connectivity index (χ0n) is 14.5. The standard InChI is InChI=1S/C17H25N3O3S.ClH/c1-24(22,23)19-8-7-16-4-2-3-9-20(16)17(21)13-5-6-14-11-18-12-15(14)10-13;/h5-6,10,16,18-19H,2-4,7-9,11-12H2,1H3;1H. The molecule has 0 spiro atoms. The molecule has 2 N–H and O–H groups in total. The van der Waals surface area contributed by atoms with E-state index in [1.165, 1.54) is 11.1 Å². The molecule has 0 bridgehead atoms. The van der Waals surface area contributed by atoms with Gasteiger partial charge in [-0.3, -0.25) is 4.79 Å². The van der Waals surface area contributed by atoms with Crippen molar-refractivity contribution in [2.24, 2.45) is 0 Å². The van der Waals surface area contributed by atoms with Gasteiger partial charge in [0.2, 0.25) is 10.0 Å². The van der Waals surface area contributed by atoms with Gasteiger partial charge in [0, 0.05) is 37.8 Å². The summed E-state index contributed by atoms with van der Waals surface area (Å²) in [5, 5.41) is 3.29. The number of nitrogens with zero attached hydrogens (tertiary/aromatic N) is 1. The first kappa shape index (κ1) is 20.2. The molecule has 0 aliphatic carbocycles. The molecule has 1 atom stereocenters. The van der Waals surface area contributed by atoms with Crippen molar-refractivity contribution in [1.82, 2.24) is 14.9 Å². The molecule has 2 aliphatic heterocycles. The molecular weight excluding hydrogens is 362 g/mol. The number of sulfonamides is 1. The molecule has 1 saturated heterocycles. The molecule has 1 aromatic rings. The van der Waals surface area contributed by atoms with Crippen molar-refractivity contribution in [3.63, 3.8) is 0 Å². The highest BCUT2D eigenvalue weighted by atomic mass is 35.5. The minimum Gasteiger partial charge on any atom is -0.336 e. The number of rotatable bonds is 5. The van der Waals surface area contributed by atoms with Crippen molar-refractivity contribution in [3.8, 4) is 0 Å². The lowest BCUT2D eigenvalue weighted by molar-refractivity contribution is 0.0604. The summed E-state index contributed by atoms with van der Waals surface area (Å²) in [4.78, 5) is 14.9. The van der Waals surface area contributed by atoms with E-state index in [1.54, 1.807) is 0 Å². The van der Waals surface area contributed by atoms with Crippen LogP contribution in [-0.2, 0) is 23.1 Å². The summed E-state index contributed by atoms with van der Waals surface area (Å²) in [6.45, 7) is 2.81. The van der Waals surface area contributed by atoms with Crippen LogP contribution < -0.4 is 10.0 Å². The number of carbonyl (C=O) groups is 1. The SMILES string of the molecule is CS(=O)(=O)NCCC1CCCCN1C(=O)c1ccc2c(c1)CNC2.Cl. The van der Waals surface area contributed by atoms with Crippen LogP contribution in [0.1, 0.15) is 47.2 Å². The third kappa shape index (κ3) is 5.17. The summed E-state index contributed by atoms with van der Waals surface area (Å²) < 4.78 is 25.0. The number of likely N-dealkylation sites (tertiary alicyclic amines) is 1. The molecule has 2 aliphatic rings. The maximum atomic E-state index is 12.9. The number of hydrogen-bond acceptors (Lipinski definition) is 4. The van der Waals surface area contributed by atoms with Crippen LogP contribution in [0.5, 0.6) is 0 Å². The fraction of sp³-hybridized carbons (Fsp3) is 0.588. The van der Waals surface area contributed by atoms with Gasteiger partial charge in [-0.2, -0.15) is 0 Å². The summed E-state index contributed by atoms with van der Waals surface area (Å²) in [6, 6.07) is 6.05. The minimum atomic E-state index is -3.18. The second kappa shape index (κ2) is 8.49. The third-order valence-corrected chi connectivity index (χ3v) is 5.54.